The number of aromatic nitrogens is 2. The number of ether oxygens (including phenoxy) is 1. The lowest BCUT2D eigenvalue weighted by Crippen LogP contribution is -2.13. The van der Waals surface area contributed by atoms with Crippen LogP contribution in [0.3, 0.4) is 0 Å². The third-order valence-electron chi connectivity index (χ3n) is 5.04. The highest BCUT2D eigenvalue weighted by Crippen LogP contribution is 2.24. The van der Waals surface area contributed by atoms with Gasteiger partial charge in [0.2, 0.25) is 0 Å². The number of carbonyl (C=O) groups excluding carboxylic acids is 1. The molecule has 9 nitrogen and oxygen atoms in total. The van der Waals surface area contributed by atoms with Gasteiger partial charge in [-0.15, -0.1) is 0 Å². The predicted molar refractivity (Wildman–Crippen MR) is 116 cm³/mol. The molecular weight excluding hydrogens is 488 g/mol. The average molecular weight is 504 g/mol. The van der Waals surface area contributed by atoms with Crippen molar-refractivity contribution in [2.45, 2.75) is 20.1 Å². The van der Waals surface area contributed by atoms with Gasteiger partial charge >= 0.3 is 0 Å². The molecule has 36 heavy (non-hydrogen) atoms. The molecule has 2 aromatic carbocycles. The van der Waals surface area contributed by atoms with Gasteiger partial charge in [0.25, 0.3) is 11.6 Å². The number of nitro groups is 1. The van der Waals surface area contributed by atoms with Crippen molar-refractivity contribution in [3.63, 3.8) is 0 Å². The zero-order valence-corrected chi connectivity index (χ0v) is 18.4. The van der Waals surface area contributed by atoms with Gasteiger partial charge in [0.15, 0.2) is 34.8 Å². The molecule has 2 aromatic heterocycles. The number of aryl methyl sites for hydroxylation is 1. The van der Waals surface area contributed by atoms with E-state index in [4.69, 9.17) is 9.15 Å². The highest BCUT2D eigenvalue weighted by atomic mass is 19.2. The Bertz CT molecular complexity index is 1440. The fraction of sp³-hybridized carbons (Fsp3) is 0.130. The summed E-state index contributed by atoms with van der Waals surface area (Å²) in [6.07, 6.45) is 1.25. The fourth-order valence-electron chi connectivity index (χ4n) is 3.27. The van der Waals surface area contributed by atoms with Crippen LogP contribution in [0.4, 0.5) is 29.1 Å². The van der Waals surface area contributed by atoms with Gasteiger partial charge in [-0.1, -0.05) is 0 Å². The van der Waals surface area contributed by atoms with E-state index in [0.717, 1.165) is 4.68 Å². The Kier molecular flexibility index (Phi) is 6.72. The second-order valence-corrected chi connectivity index (χ2v) is 7.56. The van der Waals surface area contributed by atoms with Gasteiger partial charge in [-0.25, -0.2) is 17.6 Å². The number of benzene rings is 2. The van der Waals surface area contributed by atoms with Gasteiger partial charge < -0.3 is 14.5 Å². The van der Waals surface area contributed by atoms with E-state index >= 15 is 0 Å². The third kappa shape index (κ3) is 5.19. The van der Waals surface area contributed by atoms with E-state index in [2.05, 4.69) is 10.4 Å². The lowest BCUT2D eigenvalue weighted by Gasteiger charge is -2.07. The van der Waals surface area contributed by atoms with Gasteiger partial charge in [-0.2, -0.15) is 5.10 Å². The fourth-order valence-corrected chi connectivity index (χ4v) is 3.27. The molecule has 0 atom stereocenters. The molecule has 13 heteroatoms. The van der Waals surface area contributed by atoms with Crippen molar-refractivity contribution in [2.75, 3.05) is 5.32 Å². The summed E-state index contributed by atoms with van der Waals surface area (Å²) in [5.41, 5.74) is -0.475. The first-order valence-electron chi connectivity index (χ1n) is 10.3. The molecule has 0 fully saturated rings. The molecule has 0 unspecified atom stereocenters. The second kappa shape index (κ2) is 9.90. The van der Waals surface area contributed by atoms with Gasteiger partial charge in [-0.3, -0.25) is 19.6 Å². The number of nitrogens with zero attached hydrogens (tertiary/aromatic N) is 3. The van der Waals surface area contributed by atoms with Crippen LogP contribution in [0.15, 0.2) is 53.1 Å². The van der Waals surface area contributed by atoms with E-state index in [1.54, 1.807) is 6.92 Å². The Morgan fingerprint density at radius 2 is 1.83 bits per heavy atom. The van der Waals surface area contributed by atoms with E-state index in [-0.39, 0.29) is 29.9 Å². The molecule has 4 rings (SSSR count). The molecule has 4 aromatic rings. The van der Waals surface area contributed by atoms with Crippen molar-refractivity contribution in [3.05, 3.63) is 105 Å². The van der Waals surface area contributed by atoms with Crippen LogP contribution in [-0.2, 0) is 13.2 Å². The zero-order valence-electron chi connectivity index (χ0n) is 18.4. The minimum absolute atomic E-state index is 0.00625. The number of furan rings is 1. The summed E-state index contributed by atoms with van der Waals surface area (Å²) < 4.78 is 66.5. The lowest BCUT2D eigenvalue weighted by atomic mass is 10.2. The summed E-state index contributed by atoms with van der Waals surface area (Å²) in [7, 11) is 0. The van der Waals surface area contributed by atoms with Crippen LogP contribution in [0.2, 0.25) is 0 Å². The SMILES string of the molecule is Cc1cc(OCc2ccc(C(=O)Nc3ccn(Cc4c(F)c(F)cc(F)c4F)n3)o2)ccc1[N+](=O)[O-]. The number of hydrogen-bond donors (Lipinski definition) is 1. The first-order chi connectivity index (χ1) is 17.1. The molecular formula is C23H16F4N4O5. The van der Waals surface area contributed by atoms with Crippen LogP contribution in [0.1, 0.15) is 27.4 Å². The predicted octanol–water partition coefficient (Wildman–Crippen LogP) is 5.13. The molecule has 0 bridgehead atoms. The Morgan fingerprint density at radius 1 is 1.11 bits per heavy atom. The molecule has 0 radical (unpaired) electrons. The molecule has 0 spiro atoms. The summed E-state index contributed by atoms with van der Waals surface area (Å²) in [6.45, 7) is 0.901. The zero-order chi connectivity index (χ0) is 26.0. The maximum Gasteiger partial charge on any atom is 0.292 e. The lowest BCUT2D eigenvalue weighted by molar-refractivity contribution is -0.385. The van der Waals surface area contributed by atoms with Crippen LogP contribution in [0.25, 0.3) is 0 Å². The highest BCUT2D eigenvalue weighted by molar-refractivity contribution is 6.01. The van der Waals surface area contributed by atoms with Gasteiger partial charge in [0.05, 0.1) is 17.0 Å². The topological polar surface area (TPSA) is 112 Å². The van der Waals surface area contributed by atoms with Gasteiger partial charge in [0.1, 0.15) is 18.1 Å². The molecule has 0 aliphatic rings. The number of hydrogen-bond acceptors (Lipinski definition) is 6. The van der Waals surface area contributed by atoms with Crippen LogP contribution < -0.4 is 10.1 Å². The Hall–Kier alpha value is -4.68. The average Bonchev–Trinajstić information content (AvgIpc) is 3.48. The number of amides is 1. The maximum absolute atomic E-state index is 13.9. The molecule has 1 amide bonds. The molecule has 1 N–H and O–H groups in total. The number of nitrogens with one attached hydrogen (secondary N) is 1. The second-order valence-electron chi connectivity index (χ2n) is 7.56. The first-order valence-corrected chi connectivity index (χ1v) is 10.3. The maximum atomic E-state index is 13.9. The number of halogens is 4. The summed E-state index contributed by atoms with van der Waals surface area (Å²) in [6, 6.07) is 8.56. The van der Waals surface area contributed by atoms with Crippen LogP contribution >= 0.6 is 0 Å². The molecule has 0 saturated carbocycles. The van der Waals surface area contributed by atoms with Gasteiger partial charge in [0, 0.05) is 30.0 Å². The number of nitro benzene ring substituents is 1. The van der Waals surface area contributed by atoms with E-state index in [0.29, 0.717) is 17.1 Å². The van der Waals surface area contributed by atoms with E-state index < -0.39 is 46.2 Å². The molecule has 0 aliphatic carbocycles. The van der Waals surface area contributed by atoms with Crippen molar-refractivity contribution in [1.29, 1.82) is 0 Å². The normalized spacial score (nSPS) is 10.9. The smallest absolute Gasteiger partial charge is 0.292 e. The highest BCUT2D eigenvalue weighted by Gasteiger charge is 2.20. The minimum Gasteiger partial charge on any atom is -0.486 e. The number of anilines is 1. The summed E-state index contributed by atoms with van der Waals surface area (Å²) in [5.74, 6) is -6.27. The Morgan fingerprint density at radius 3 is 2.50 bits per heavy atom. The summed E-state index contributed by atoms with van der Waals surface area (Å²) in [5, 5.41) is 17.2. The van der Waals surface area contributed by atoms with E-state index in [9.17, 15) is 32.5 Å². The van der Waals surface area contributed by atoms with Crippen molar-refractivity contribution in [3.8, 4) is 5.75 Å². The molecule has 186 valence electrons. The molecule has 0 aliphatic heterocycles. The van der Waals surface area contributed by atoms with Crippen LogP contribution in [-0.4, -0.2) is 20.6 Å². The largest absolute Gasteiger partial charge is 0.486 e. The third-order valence-corrected chi connectivity index (χ3v) is 5.04. The minimum atomic E-state index is -1.54. The molecule has 0 saturated heterocycles. The van der Waals surface area contributed by atoms with Crippen molar-refractivity contribution >= 4 is 17.4 Å². The molecule has 2 heterocycles. The number of carbonyl (C=O) groups is 1. The van der Waals surface area contributed by atoms with E-state index in [1.807, 2.05) is 0 Å². The number of rotatable bonds is 8. The van der Waals surface area contributed by atoms with Crippen LogP contribution in [0, 0.1) is 40.3 Å². The van der Waals surface area contributed by atoms with Crippen molar-refractivity contribution in [2.24, 2.45) is 0 Å². The van der Waals surface area contributed by atoms with Crippen LogP contribution in [0.5, 0.6) is 5.75 Å². The summed E-state index contributed by atoms with van der Waals surface area (Å²) in [4.78, 5) is 22.8. The Balaban J connectivity index is 1.37. The quantitative estimate of drug-likeness (QED) is 0.154. The van der Waals surface area contributed by atoms with Crippen molar-refractivity contribution in [1.82, 2.24) is 9.78 Å². The first kappa shape index (κ1) is 24.4. The Labute approximate surface area is 200 Å². The summed E-state index contributed by atoms with van der Waals surface area (Å²) >= 11 is 0. The standard InChI is InChI=1S/C23H16F4N4O5/c1-12-8-13(2-4-18(12)31(33)34)35-11-14-3-5-19(36-14)23(32)28-20-6-7-30(29-20)10-15-21(26)16(24)9-17(25)22(15)27/h2-9H,10-11H2,1H3,(H,28,29,32). The van der Waals surface area contributed by atoms with Gasteiger partial charge in [-0.05, 0) is 31.2 Å². The monoisotopic (exact) mass is 504 g/mol. The van der Waals surface area contributed by atoms with Crippen molar-refractivity contribution < 1.29 is 36.4 Å². The van der Waals surface area contributed by atoms with E-state index in [1.165, 1.54) is 42.6 Å².